The molecule has 1 aromatic heterocycles. The fourth-order valence-corrected chi connectivity index (χ4v) is 2.46. The average Bonchev–Trinajstić information content (AvgIpc) is 3.31. The van der Waals surface area contributed by atoms with E-state index in [9.17, 15) is 10.1 Å². The molecular formula is C17H16N2O. The molecule has 100 valence electrons. The van der Waals surface area contributed by atoms with Gasteiger partial charge in [-0.25, -0.2) is 0 Å². The molecule has 0 aliphatic heterocycles. The second-order valence-corrected chi connectivity index (χ2v) is 5.21. The normalized spacial score (nSPS) is 14.0. The van der Waals surface area contributed by atoms with Crippen LogP contribution in [0, 0.1) is 11.3 Å². The third-order valence-corrected chi connectivity index (χ3v) is 3.84. The summed E-state index contributed by atoms with van der Waals surface area (Å²) in [6.07, 6.45) is 4.88. The van der Waals surface area contributed by atoms with E-state index in [0.717, 1.165) is 30.4 Å². The number of nitriles is 1. The van der Waals surface area contributed by atoms with E-state index in [4.69, 9.17) is 0 Å². The van der Waals surface area contributed by atoms with E-state index in [1.807, 2.05) is 36.5 Å². The van der Waals surface area contributed by atoms with Crippen molar-refractivity contribution in [2.75, 3.05) is 0 Å². The van der Waals surface area contributed by atoms with Gasteiger partial charge in [0.2, 0.25) is 0 Å². The van der Waals surface area contributed by atoms with Crippen molar-refractivity contribution in [1.29, 1.82) is 5.26 Å². The molecule has 20 heavy (non-hydrogen) atoms. The van der Waals surface area contributed by atoms with Crippen LogP contribution < -0.4 is 5.56 Å². The van der Waals surface area contributed by atoms with Gasteiger partial charge >= 0.3 is 0 Å². The van der Waals surface area contributed by atoms with Crippen molar-refractivity contribution in [3.05, 3.63) is 58.0 Å². The van der Waals surface area contributed by atoms with Gasteiger partial charge in [-0.2, -0.15) is 5.26 Å². The monoisotopic (exact) mass is 264 g/mol. The molecule has 1 aliphatic carbocycles. The Morgan fingerprint density at radius 3 is 2.50 bits per heavy atom. The maximum atomic E-state index is 12.3. The Labute approximate surface area is 118 Å². The molecule has 0 N–H and O–H groups in total. The van der Waals surface area contributed by atoms with Gasteiger partial charge in [0.05, 0.1) is 0 Å². The van der Waals surface area contributed by atoms with Crippen LogP contribution in [-0.2, 0) is 6.42 Å². The number of hydrogen-bond acceptors (Lipinski definition) is 2. The Morgan fingerprint density at radius 1 is 1.25 bits per heavy atom. The molecule has 3 nitrogen and oxygen atoms in total. The van der Waals surface area contributed by atoms with Gasteiger partial charge in [-0.05, 0) is 36.5 Å². The largest absolute Gasteiger partial charge is 0.311 e. The Kier molecular flexibility index (Phi) is 3.15. The molecule has 0 amide bonds. The van der Waals surface area contributed by atoms with Crippen molar-refractivity contribution in [2.45, 2.75) is 32.2 Å². The van der Waals surface area contributed by atoms with Gasteiger partial charge in [-0.3, -0.25) is 4.79 Å². The summed E-state index contributed by atoms with van der Waals surface area (Å²) in [6.45, 7) is 2.10. The SMILES string of the molecule is CCc1ccc(-c2ccn(C3CC3)c(=O)c2C#N)cc1. The van der Waals surface area contributed by atoms with Crippen LogP contribution in [0.5, 0.6) is 0 Å². The van der Waals surface area contributed by atoms with Crippen LogP contribution >= 0.6 is 0 Å². The molecule has 0 unspecified atom stereocenters. The minimum Gasteiger partial charge on any atom is -0.311 e. The second kappa shape index (κ2) is 4.97. The summed E-state index contributed by atoms with van der Waals surface area (Å²) < 4.78 is 1.70. The van der Waals surface area contributed by atoms with Gasteiger partial charge in [0.1, 0.15) is 11.6 Å². The van der Waals surface area contributed by atoms with Crippen LogP contribution in [0.3, 0.4) is 0 Å². The standard InChI is InChI=1S/C17H16N2O/c1-2-12-3-5-13(6-4-12)15-9-10-19(14-7-8-14)17(20)16(15)11-18/h3-6,9-10,14H,2,7-8H2,1H3. The van der Waals surface area contributed by atoms with Crippen molar-refractivity contribution >= 4 is 0 Å². The fraction of sp³-hybridized carbons (Fsp3) is 0.294. The van der Waals surface area contributed by atoms with E-state index >= 15 is 0 Å². The maximum absolute atomic E-state index is 12.3. The number of nitrogens with zero attached hydrogens (tertiary/aromatic N) is 2. The lowest BCUT2D eigenvalue weighted by molar-refractivity contribution is 0.705. The van der Waals surface area contributed by atoms with Crippen molar-refractivity contribution in [2.24, 2.45) is 0 Å². The van der Waals surface area contributed by atoms with Crippen molar-refractivity contribution in [3.8, 4) is 17.2 Å². The van der Waals surface area contributed by atoms with Crippen LogP contribution in [0.2, 0.25) is 0 Å². The summed E-state index contributed by atoms with van der Waals surface area (Å²) in [5.41, 5.74) is 3.00. The molecular weight excluding hydrogens is 248 g/mol. The zero-order chi connectivity index (χ0) is 14.1. The van der Waals surface area contributed by atoms with Crippen LogP contribution in [0.25, 0.3) is 11.1 Å². The third kappa shape index (κ3) is 2.14. The lowest BCUT2D eigenvalue weighted by atomic mass is 10.00. The third-order valence-electron chi connectivity index (χ3n) is 3.84. The zero-order valence-corrected chi connectivity index (χ0v) is 11.5. The van der Waals surface area contributed by atoms with Crippen LogP contribution in [0.1, 0.15) is 36.9 Å². The number of pyridine rings is 1. The second-order valence-electron chi connectivity index (χ2n) is 5.21. The molecule has 1 saturated carbocycles. The first-order valence-electron chi connectivity index (χ1n) is 6.99. The van der Waals surface area contributed by atoms with Crippen molar-refractivity contribution in [3.63, 3.8) is 0 Å². The maximum Gasteiger partial charge on any atom is 0.269 e. The molecule has 0 atom stereocenters. The first-order chi connectivity index (χ1) is 9.74. The smallest absolute Gasteiger partial charge is 0.269 e. The van der Waals surface area contributed by atoms with E-state index in [1.54, 1.807) is 4.57 Å². The Balaban J connectivity index is 2.11. The first-order valence-corrected chi connectivity index (χ1v) is 6.99. The number of aromatic nitrogens is 1. The Bertz CT molecular complexity index is 731. The first kappa shape index (κ1) is 12.7. The average molecular weight is 264 g/mol. The summed E-state index contributed by atoms with van der Waals surface area (Å²) in [7, 11) is 0. The van der Waals surface area contributed by atoms with Gasteiger partial charge < -0.3 is 4.57 Å². The van der Waals surface area contributed by atoms with Crippen molar-refractivity contribution in [1.82, 2.24) is 4.57 Å². The number of benzene rings is 1. The summed E-state index contributed by atoms with van der Waals surface area (Å²) in [6, 6.07) is 12.3. The van der Waals surface area contributed by atoms with Gasteiger partial charge in [-0.15, -0.1) is 0 Å². The molecule has 1 heterocycles. The highest BCUT2D eigenvalue weighted by Crippen LogP contribution is 2.34. The van der Waals surface area contributed by atoms with E-state index in [0.29, 0.717) is 6.04 Å². The number of aryl methyl sites for hydroxylation is 1. The summed E-state index contributed by atoms with van der Waals surface area (Å²) in [5.74, 6) is 0. The van der Waals surface area contributed by atoms with Crippen LogP contribution in [0.15, 0.2) is 41.3 Å². The predicted octanol–water partition coefficient (Wildman–Crippen LogP) is 3.28. The molecule has 0 saturated heterocycles. The topological polar surface area (TPSA) is 45.8 Å². The zero-order valence-electron chi connectivity index (χ0n) is 11.5. The minimum absolute atomic E-state index is 0.160. The van der Waals surface area contributed by atoms with Crippen LogP contribution in [0.4, 0.5) is 0 Å². The summed E-state index contributed by atoms with van der Waals surface area (Å²) in [5, 5.41) is 9.32. The molecule has 1 aromatic carbocycles. The van der Waals surface area contributed by atoms with Crippen LogP contribution in [-0.4, -0.2) is 4.57 Å². The minimum atomic E-state index is -0.160. The molecule has 0 spiro atoms. The van der Waals surface area contributed by atoms with Gasteiger partial charge in [0, 0.05) is 17.8 Å². The molecule has 1 fully saturated rings. The highest BCUT2D eigenvalue weighted by molar-refractivity contribution is 5.69. The molecule has 0 radical (unpaired) electrons. The van der Waals surface area contributed by atoms with Gasteiger partial charge in [-0.1, -0.05) is 31.2 Å². The molecule has 0 bridgehead atoms. The van der Waals surface area contributed by atoms with Gasteiger partial charge in [0.25, 0.3) is 5.56 Å². The lowest BCUT2D eigenvalue weighted by Gasteiger charge is -2.09. The summed E-state index contributed by atoms with van der Waals surface area (Å²) >= 11 is 0. The van der Waals surface area contributed by atoms with Crippen molar-refractivity contribution < 1.29 is 0 Å². The highest BCUT2D eigenvalue weighted by Gasteiger charge is 2.26. The quantitative estimate of drug-likeness (QED) is 0.854. The molecule has 3 heteroatoms. The van der Waals surface area contributed by atoms with E-state index in [2.05, 4.69) is 13.0 Å². The lowest BCUT2D eigenvalue weighted by Crippen LogP contribution is -2.21. The number of rotatable bonds is 3. The number of hydrogen-bond donors (Lipinski definition) is 0. The van der Waals surface area contributed by atoms with E-state index in [-0.39, 0.29) is 11.1 Å². The predicted molar refractivity (Wildman–Crippen MR) is 78.5 cm³/mol. The molecule has 3 rings (SSSR count). The summed E-state index contributed by atoms with van der Waals surface area (Å²) in [4.78, 5) is 12.3. The van der Waals surface area contributed by atoms with E-state index in [1.165, 1.54) is 5.56 Å². The Hall–Kier alpha value is -2.34. The van der Waals surface area contributed by atoms with E-state index < -0.39 is 0 Å². The Morgan fingerprint density at radius 2 is 1.95 bits per heavy atom. The fourth-order valence-electron chi connectivity index (χ4n) is 2.46. The highest BCUT2D eigenvalue weighted by atomic mass is 16.1. The molecule has 2 aromatic rings. The van der Waals surface area contributed by atoms with Gasteiger partial charge in [0.15, 0.2) is 0 Å². The molecule has 1 aliphatic rings.